The third-order valence-electron chi connectivity index (χ3n) is 6.34. The van der Waals surface area contributed by atoms with Crippen LogP contribution in [0.4, 0.5) is 11.5 Å². The number of rotatable bonds is 11. The first-order valence-electron chi connectivity index (χ1n) is 13.2. The normalized spacial score (nSPS) is 11.9. The van der Waals surface area contributed by atoms with Gasteiger partial charge in [-0.05, 0) is 86.6 Å². The van der Waals surface area contributed by atoms with E-state index in [0.717, 1.165) is 22.9 Å². The topological polar surface area (TPSA) is 158 Å². The lowest BCUT2D eigenvalue weighted by Crippen LogP contribution is -2.23. The molecule has 1 unspecified atom stereocenters. The number of carbonyl (C=O) groups excluding carboxylic acids is 1. The van der Waals surface area contributed by atoms with Gasteiger partial charge in [-0.25, -0.2) is 13.4 Å². The van der Waals surface area contributed by atoms with Crippen molar-refractivity contribution in [2.45, 2.75) is 29.1 Å². The quantitative estimate of drug-likeness (QED) is 0.179. The number of anilines is 2. The molecule has 0 saturated carbocycles. The van der Waals surface area contributed by atoms with E-state index in [2.05, 4.69) is 25.4 Å². The molecule has 0 spiro atoms. The second-order valence-corrected chi connectivity index (χ2v) is 12.4. The molecule has 14 heteroatoms. The van der Waals surface area contributed by atoms with E-state index in [1.807, 2.05) is 48.5 Å². The van der Waals surface area contributed by atoms with Crippen molar-refractivity contribution in [3.05, 3.63) is 84.6 Å². The second kappa shape index (κ2) is 13.1. The van der Waals surface area contributed by atoms with Crippen molar-refractivity contribution in [3.63, 3.8) is 0 Å². The first-order chi connectivity index (χ1) is 21.1. The highest BCUT2D eigenvalue weighted by Crippen LogP contribution is 2.33. The van der Waals surface area contributed by atoms with E-state index >= 15 is 0 Å². The van der Waals surface area contributed by atoms with Crippen LogP contribution in [0.15, 0.2) is 93.4 Å². The number of nitrogens with one attached hydrogen (secondary N) is 2. The molecule has 1 atom stereocenters. The van der Waals surface area contributed by atoms with Crippen LogP contribution in [0.3, 0.4) is 0 Å². The van der Waals surface area contributed by atoms with Gasteiger partial charge in [0.25, 0.3) is 10.0 Å². The Labute approximate surface area is 258 Å². The van der Waals surface area contributed by atoms with Gasteiger partial charge in [0.2, 0.25) is 11.1 Å². The van der Waals surface area contributed by atoms with Crippen molar-refractivity contribution in [1.29, 1.82) is 0 Å². The van der Waals surface area contributed by atoms with E-state index in [4.69, 9.17) is 19.0 Å². The Morgan fingerprint density at radius 1 is 0.864 bits per heavy atom. The summed E-state index contributed by atoms with van der Waals surface area (Å²) >= 11 is 1.14. The summed E-state index contributed by atoms with van der Waals surface area (Å²) in [6.45, 7) is 3.37. The van der Waals surface area contributed by atoms with E-state index < -0.39 is 15.3 Å². The standard InChI is InChI=1S/C30H28N6O6S2/c1-18-17-26(35-42-18)36-44(38,39)25-15-9-22(10-16-25)31-29(37)19(2)43-30-32-27(20-5-11-23(40-3)12-6-20)28(33-34-30)21-7-13-24(41-4)14-8-21/h5-17,19H,1-4H3,(H,31,37)(H,35,36). The maximum atomic E-state index is 13.0. The summed E-state index contributed by atoms with van der Waals surface area (Å²) in [4.78, 5) is 17.8. The zero-order chi connectivity index (χ0) is 31.3. The number of thioether (sulfide) groups is 1. The molecule has 0 aliphatic heterocycles. The van der Waals surface area contributed by atoms with E-state index in [1.165, 1.54) is 30.3 Å². The zero-order valence-corrected chi connectivity index (χ0v) is 25.8. The molecule has 12 nitrogen and oxygen atoms in total. The fourth-order valence-corrected chi connectivity index (χ4v) is 5.74. The summed E-state index contributed by atoms with van der Waals surface area (Å²) in [5, 5.41) is 14.9. The minimum absolute atomic E-state index is 0.000982. The summed E-state index contributed by atoms with van der Waals surface area (Å²) in [6.07, 6.45) is 0. The number of benzene rings is 3. The van der Waals surface area contributed by atoms with Crippen molar-refractivity contribution in [3.8, 4) is 34.0 Å². The number of carbonyl (C=O) groups is 1. The largest absolute Gasteiger partial charge is 0.497 e. The second-order valence-electron chi connectivity index (χ2n) is 9.45. The smallest absolute Gasteiger partial charge is 0.263 e. The van der Waals surface area contributed by atoms with Crippen LogP contribution in [0.25, 0.3) is 22.5 Å². The number of hydrogen-bond donors (Lipinski definition) is 2. The summed E-state index contributed by atoms with van der Waals surface area (Å²) in [5.41, 5.74) is 3.19. The zero-order valence-electron chi connectivity index (χ0n) is 24.1. The number of ether oxygens (including phenoxy) is 2. The van der Waals surface area contributed by atoms with Crippen LogP contribution in [-0.2, 0) is 14.8 Å². The lowest BCUT2D eigenvalue weighted by atomic mass is 10.0. The molecular formula is C30H28N6O6S2. The molecule has 226 valence electrons. The average molecular weight is 633 g/mol. The number of aryl methyl sites for hydroxylation is 1. The lowest BCUT2D eigenvalue weighted by Gasteiger charge is -2.14. The van der Waals surface area contributed by atoms with Crippen molar-refractivity contribution < 1.29 is 27.2 Å². The summed E-state index contributed by atoms with van der Waals surface area (Å²) in [6, 6.07) is 22.1. The minimum atomic E-state index is -3.89. The van der Waals surface area contributed by atoms with E-state index in [0.29, 0.717) is 39.5 Å². The average Bonchev–Trinajstić information content (AvgIpc) is 3.44. The summed E-state index contributed by atoms with van der Waals surface area (Å²) < 4.78 is 43.1. The molecular weight excluding hydrogens is 605 g/mol. The van der Waals surface area contributed by atoms with Crippen LogP contribution in [-0.4, -0.2) is 54.1 Å². The molecule has 0 radical (unpaired) electrons. The van der Waals surface area contributed by atoms with Crippen LogP contribution in [0.5, 0.6) is 11.5 Å². The molecule has 5 aromatic rings. The Balaban J connectivity index is 1.31. The molecule has 0 bridgehead atoms. The van der Waals surface area contributed by atoms with Crippen LogP contribution in [0.2, 0.25) is 0 Å². The fourth-order valence-electron chi connectivity index (χ4n) is 4.04. The number of nitrogens with zero attached hydrogens (tertiary/aromatic N) is 4. The monoisotopic (exact) mass is 632 g/mol. The number of amides is 1. The Morgan fingerprint density at radius 3 is 2.00 bits per heavy atom. The maximum Gasteiger partial charge on any atom is 0.263 e. The van der Waals surface area contributed by atoms with E-state index in [1.54, 1.807) is 28.1 Å². The van der Waals surface area contributed by atoms with Crippen molar-refractivity contribution in [2.75, 3.05) is 24.3 Å². The van der Waals surface area contributed by atoms with Crippen LogP contribution < -0.4 is 19.5 Å². The SMILES string of the molecule is COc1ccc(-c2nnc(SC(C)C(=O)Nc3ccc(S(=O)(=O)Nc4cc(C)on4)cc3)nc2-c2ccc(OC)cc2)cc1. The highest BCUT2D eigenvalue weighted by Gasteiger charge is 2.21. The van der Waals surface area contributed by atoms with Gasteiger partial charge in [-0.1, -0.05) is 16.9 Å². The van der Waals surface area contributed by atoms with Gasteiger partial charge in [-0.3, -0.25) is 9.52 Å². The van der Waals surface area contributed by atoms with Gasteiger partial charge in [-0.2, -0.15) is 0 Å². The summed E-state index contributed by atoms with van der Waals surface area (Å²) in [7, 11) is -0.690. The van der Waals surface area contributed by atoms with E-state index in [9.17, 15) is 13.2 Å². The van der Waals surface area contributed by atoms with Gasteiger partial charge in [0, 0.05) is 22.9 Å². The minimum Gasteiger partial charge on any atom is -0.497 e. The molecule has 44 heavy (non-hydrogen) atoms. The molecule has 0 aliphatic rings. The molecule has 5 rings (SSSR count). The molecule has 2 aromatic heterocycles. The number of aromatic nitrogens is 4. The van der Waals surface area contributed by atoms with Gasteiger partial charge < -0.3 is 19.3 Å². The number of sulfonamides is 1. The number of hydrogen-bond acceptors (Lipinski definition) is 11. The molecule has 1 amide bonds. The maximum absolute atomic E-state index is 13.0. The van der Waals surface area contributed by atoms with E-state index in [-0.39, 0.29) is 16.6 Å². The van der Waals surface area contributed by atoms with Crippen molar-refractivity contribution in [2.24, 2.45) is 0 Å². The van der Waals surface area contributed by atoms with Gasteiger partial charge in [0.1, 0.15) is 28.6 Å². The van der Waals surface area contributed by atoms with Crippen LogP contribution in [0.1, 0.15) is 12.7 Å². The third-order valence-corrected chi connectivity index (χ3v) is 8.67. The Bertz CT molecular complexity index is 1860. The molecule has 0 aliphatic carbocycles. The van der Waals surface area contributed by atoms with Gasteiger partial charge in [0.15, 0.2) is 5.82 Å². The fraction of sp³-hybridized carbons (Fsp3) is 0.167. The highest BCUT2D eigenvalue weighted by molar-refractivity contribution is 8.00. The molecule has 3 aromatic carbocycles. The molecule has 0 saturated heterocycles. The lowest BCUT2D eigenvalue weighted by molar-refractivity contribution is -0.115. The van der Waals surface area contributed by atoms with Crippen LogP contribution in [0, 0.1) is 6.92 Å². The summed E-state index contributed by atoms with van der Waals surface area (Å²) in [5.74, 6) is 1.64. The highest BCUT2D eigenvalue weighted by atomic mass is 32.2. The third kappa shape index (κ3) is 7.15. The first-order valence-corrected chi connectivity index (χ1v) is 15.6. The van der Waals surface area contributed by atoms with Gasteiger partial charge >= 0.3 is 0 Å². The van der Waals surface area contributed by atoms with Crippen molar-refractivity contribution >= 4 is 39.2 Å². The number of methoxy groups -OCH3 is 2. The van der Waals surface area contributed by atoms with Crippen molar-refractivity contribution in [1.82, 2.24) is 20.3 Å². The molecule has 2 N–H and O–H groups in total. The Kier molecular flexibility index (Phi) is 9.11. The van der Waals surface area contributed by atoms with Crippen LogP contribution >= 0.6 is 11.8 Å². The Hall–Kier alpha value is -4.95. The predicted molar refractivity (Wildman–Crippen MR) is 166 cm³/mol. The van der Waals surface area contributed by atoms with Gasteiger partial charge in [-0.15, -0.1) is 10.2 Å². The van der Waals surface area contributed by atoms with Gasteiger partial charge in [0.05, 0.1) is 24.4 Å². The Morgan fingerprint density at radius 2 is 1.45 bits per heavy atom. The first kappa shape index (κ1) is 30.5. The predicted octanol–water partition coefficient (Wildman–Crippen LogP) is 5.44. The molecule has 0 fully saturated rings. The molecule has 2 heterocycles.